The highest BCUT2D eigenvalue weighted by molar-refractivity contribution is 7.91. The third-order valence-corrected chi connectivity index (χ3v) is 35.9. The fraction of sp³-hybridized carbons (Fsp3) is 0.938. The molecule has 13 aliphatic heterocycles. The Hall–Kier alpha value is -1.73. The van der Waals surface area contributed by atoms with Gasteiger partial charge in [-0.25, -0.2) is 0 Å². The van der Waals surface area contributed by atoms with Crippen LogP contribution in [0.25, 0.3) is 0 Å². The Bertz CT molecular complexity index is 4540. The highest BCUT2D eigenvalue weighted by Crippen LogP contribution is 2.36. The van der Waals surface area contributed by atoms with E-state index in [-0.39, 0.29) is 94.3 Å². The second-order valence-corrected chi connectivity index (χ2v) is 51.2. The van der Waals surface area contributed by atoms with Gasteiger partial charge in [0.1, 0.15) is 16.3 Å². The van der Waals surface area contributed by atoms with Crippen LogP contribution < -0.4 is 0 Å². The minimum atomic E-state index is -3.55. The maximum Gasteiger partial charge on any atom is 0.290 e. The van der Waals surface area contributed by atoms with E-state index < -0.39 is 149 Å². The molecule has 0 aromatic rings. The minimum Gasteiger partial charge on any atom is -0.390 e. The number of aliphatic hydroxyl groups is 1. The summed E-state index contributed by atoms with van der Waals surface area (Å²) in [7, 11) is -42.3. The standard InChI is InChI=1S/2C8H16O3S.C7H10O3S.2C6H12O3S.C5H8O6S2.2C5H10O3S.2C4H8O3S.C3H6O4S.C3H6O3S/c1-2-3-4-5-8-6-7-11-12(8,9)10;1-2-3-4-5-6-8-7-11-12(8,9)10;1-6-3-7(2)5-11(8,9)10-4-6;2*7-10(8)6-4-2-1-3-5-9-10;6-12(7)3-5(1-10-12)2-11-13(8,9)4-5;1-2-3-5-4-8-9(5,6)7;6-9(7)5-3-1-2-4-8-9;1-4-2-3-7-8(4,5)6;5-8(6)4-2-1-3-7-8;4-3-1-7-8(5,6)2-3;4-7(5)3-1-2-6-7/h2*8H,2-7H2,1H3;3,5H,4H2,1-2H3;2*1-6H2;1-4H2;5H,2-4H2,1H3;1-5H2;4H,2-3H2,1H3;1-4H2;3-4H,1-2H2;1-3H2/i;;;6D;;;;;;;;. The van der Waals surface area contributed by atoms with Crippen LogP contribution in [-0.2, 0) is 186 Å². The molecule has 53 heteroatoms. The van der Waals surface area contributed by atoms with E-state index in [1.807, 2.05) is 13.8 Å². The number of rotatable bonds is 11. The van der Waals surface area contributed by atoms with E-state index in [9.17, 15) is 109 Å². The molecule has 1 N–H and O–H groups in total. The molecule has 12 saturated heterocycles. The Morgan fingerprint density at radius 3 is 1.11 bits per heavy atom. The van der Waals surface area contributed by atoms with E-state index in [2.05, 4.69) is 68.2 Å². The summed E-state index contributed by atoms with van der Waals surface area (Å²) in [5.41, 5.74) is -0.305. The van der Waals surface area contributed by atoms with Crippen molar-refractivity contribution >= 4 is 132 Å². The fourth-order valence-corrected chi connectivity index (χ4v) is 25.4. The van der Waals surface area contributed by atoms with Gasteiger partial charge in [-0.3, -0.25) is 54.4 Å². The van der Waals surface area contributed by atoms with Crippen LogP contribution in [-0.4, -0.2) is 274 Å². The summed E-state index contributed by atoms with van der Waals surface area (Å²) < 4.78 is 344. The first kappa shape index (κ1) is 109. The average Bonchev–Trinajstić information content (AvgIpc) is 1.60. The van der Waals surface area contributed by atoms with E-state index in [1.54, 1.807) is 19.9 Å². The number of aliphatic hydroxyl groups excluding tert-OH is 1. The molecule has 1 spiro atoms. The van der Waals surface area contributed by atoms with Crippen molar-refractivity contribution < 1.29 is 170 Å². The molecular weight excluding hydrogens is 1830 g/mol. The lowest BCUT2D eigenvalue weighted by molar-refractivity contribution is 0.157. The maximum absolute atomic E-state index is 11.1. The van der Waals surface area contributed by atoms with Gasteiger partial charge in [0.2, 0.25) is 0 Å². The summed E-state index contributed by atoms with van der Waals surface area (Å²) in [6.45, 7) is 14.7. The summed E-state index contributed by atoms with van der Waals surface area (Å²) in [5, 5.41) is 8.78. The molecule has 6 unspecified atom stereocenters. The van der Waals surface area contributed by atoms with Crippen molar-refractivity contribution in [3.63, 3.8) is 0 Å². The summed E-state index contributed by atoms with van der Waals surface area (Å²) >= 11 is 0. The zero-order valence-corrected chi connectivity index (χ0v) is 77.6. The zero-order valence-electron chi connectivity index (χ0n) is 68.0. The minimum absolute atomic E-state index is 0.0810. The molecule has 6 atom stereocenters. The normalized spacial score (nSPS) is 29.8. The van der Waals surface area contributed by atoms with Crippen molar-refractivity contribution in [1.29, 1.82) is 0 Å². The molecule has 117 heavy (non-hydrogen) atoms. The first-order chi connectivity index (χ1) is 54.5. The van der Waals surface area contributed by atoms with Crippen molar-refractivity contribution in [2.24, 2.45) is 5.41 Å². The van der Waals surface area contributed by atoms with Crippen LogP contribution in [0.4, 0.5) is 0 Å². The van der Waals surface area contributed by atoms with Crippen LogP contribution in [0.2, 0.25) is 0 Å². The van der Waals surface area contributed by atoms with Gasteiger partial charge >= 0.3 is 0 Å². The second kappa shape index (κ2) is 53.0. The van der Waals surface area contributed by atoms with Crippen molar-refractivity contribution in [3.05, 3.63) is 22.6 Å². The molecule has 13 rings (SSSR count). The van der Waals surface area contributed by atoms with Gasteiger partial charge in [0, 0.05) is 1.37 Å². The molecule has 13 heterocycles. The smallest absolute Gasteiger partial charge is 0.290 e. The van der Waals surface area contributed by atoms with E-state index in [4.69, 9.17) is 6.48 Å². The predicted molar refractivity (Wildman–Crippen MR) is 431 cm³/mol. The largest absolute Gasteiger partial charge is 0.390 e. The lowest BCUT2D eigenvalue weighted by Crippen LogP contribution is -2.39. The number of unbranched alkanes of at least 4 members (excludes halogenated alkanes) is 5. The molecule has 0 aromatic heterocycles. The fourth-order valence-electron chi connectivity index (χ4n) is 10.9. The van der Waals surface area contributed by atoms with Gasteiger partial charge in [0.15, 0.2) is 0 Å². The quantitative estimate of drug-likeness (QED) is 0.214. The van der Waals surface area contributed by atoms with Crippen LogP contribution in [0.3, 0.4) is 0 Å². The topological polar surface area (TPSA) is 584 Å². The third-order valence-electron chi connectivity index (χ3n) is 17.4. The molecule has 12 fully saturated rings. The molecule has 0 radical (unpaired) electrons. The Morgan fingerprint density at radius 1 is 0.368 bits per heavy atom. The Morgan fingerprint density at radius 2 is 0.761 bits per heavy atom. The predicted octanol–water partition coefficient (Wildman–Crippen LogP) is 4.80. The maximum atomic E-state index is 11.1. The lowest BCUT2D eigenvalue weighted by atomic mass is 9.96. The van der Waals surface area contributed by atoms with Crippen LogP contribution >= 0.6 is 0 Å². The van der Waals surface area contributed by atoms with Gasteiger partial charge in [0.25, 0.3) is 132 Å². The van der Waals surface area contributed by atoms with Crippen molar-refractivity contribution in [2.45, 2.75) is 242 Å². The van der Waals surface area contributed by atoms with Gasteiger partial charge in [-0.2, -0.15) is 109 Å². The van der Waals surface area contributed by atoms with Gasteiger partial charge in [-0.05, 0) is 122 Å². The second-order valence-electron chi connectivity index (χ2n) is 28.5. The number of allylic oxidation sites excluding steroid dienone is 2. The van der Waals surface area contributed by atoms with E-state index in [0.717, 1.165) is 146 Å². The van der Waals surface area contributed by atoms with Gasteiger partial charge < -0.3 is 5.11 Å². The molecule has 0 saturated carbocycles. The molecule has 0 aliphatic carbocycles. The molecule has 0 bridgehead atoms. The van der Waals surface area contributed by atoms with Gasteiger partial charge in [0.05, 0.1) is 154 Å². The number of hydrogen-bond donors (Lipinski definition) is 1. The highest BCUT2D eigenvalue weighted by Gasteiger charge is 2.52. The molecule has 13 aliphatic rings. The molecular formula is C64H122O40S13. The summed E-state index contributed by atoms with van der Waals surface area (Å²) in [4.78, 5) is 0. The Labute approximate surface area is 698 Å². The molecule has 696 valence electrons. The van der Waals surface area contributed by atoms with Gasteiger partial charge in [-0.15, -0.1) is 0 Å². The lowest BCUT2D eigenvalue weighted by Gasteiger charge is -2.25. The molecule has 0 aromatic carbocycles. The van der Waals surface area contributed by atoms with Crippen molar-refractivity contribution in [2.75, 3.05) is 132 Å². The van der Waals surface area contributed by atoms with E-state index in [1.165, 1.54) is 12.8 Å². The summed E-state index contributed by atoms with van der Waals surface area (Å²) in [6, 6.07) is 0. The zero-order chi connectivity index (χ0) is 89.5. The van der Waals surface area contributed by atoms with Crippen LogP contribution in [0.15, 0.2) is 22.6 Å². The van der Waals surface area contributed by atoms with Crippen LogP contribution in [0, 0.1) is 5.41 Å². The average molecular weight is 1950 g/mol. The van der Waals surface area contributed by atoms with Crippen molar-refractivity contribution in [1.82, 2.24) is 0 Å². The third kappa shape index (κ3) is 50.9. The SMILES string of the molecule is CC1=CS(=O)(=O)OCC(C)=C1.CC1CCOS1(=O)=O.CCCC1COS1(=O)=O.CCCCCC1CCOS1(=O)=O.CCCCCCC1COS1(=O)=O.O=S1(=O)CC(O)CO1.O=S1(=O)CC2(CO1)COS(=O)(=O)C2.O=S1(=O)CCCCCCO1.O=S1(=O)CCCCCO1.O=S1(=O)CCCCO1.O=S1(=O)CCCO1.[2H]C1CCCCCOS1(=O)=O. The first-order valence-corrected chi connectivity index (χ1v) is 58.2. The monoisotopic (exact) mass is 1950 g/mol. The molecule has 40 nitrogen and oxygen atoms in total. The summed E-state index contributed by atoms with van der Waals surface area (Å²) in [6.07, 6.45) is 24.9. The van der Waals surface area contributed by atoms with E-state index >= 15 is 0 Å². The van der Waals surface area contributed by atoms with Crippen LogP contribution in [0.1, 0.15) is 216 Å². The Kier molecular flexibility index (Phi) is 49.6. The van der Waals surface area contributed by atoms with Gasteiger partial charge in [-0.1, -0.05) is 110 Å². The Balaban J connectivity index is 0.000000438. The van der Waals surface area contributed by atoms with Crippen molar-refractivity contribution in [3.8, 4) is 0 Å². The van der Waals surface area contributed by atoms with E-state index in [0.29, 0.717) is 84.1 Å². The first-order valence-electron chi connectivity index (χ1n) is 38.9. The highest BCUT2D eigenvalue weighted by atomic mass is 32.3. The molecule has 0 amide bonds. The summed E-state index contributed by atoms with van der Waals surface area (Å²) in [5.74, 6) is 0.0193. The number of hydrogen-bond acceptors (Lipinski definition) is 40. The van der Waals surface area contributed by atoms with Crippen LogP contribution in [0.5, 0.6) is 0 Å².